The van der Waals surface area contributed by atoms with Crippen LogP contribution in [0.3, 0.4) is 0 Å². The number of benzene rings is 1. The molecule has 3 heterocycles. The molecule has 1 aliphatic carbocycles. The van der Waals surface area contributed by atoms with Gasteiger partial charge in [-0.1, -0.05) is 25.0 Å². The lowest BCUT2D eigenvalue weighted by Crippen LogP contribution is -2.50. The third-order valence-electron chi connectivity index (χ3n) is 7.73. The Kier molecular flexibility index (Phi) is 7.17. The van der Waals surface area contributed by atoms with E-state index in [0.717, 1.165) is 30.8 Å². The molecule has 2 fully saturated rings. The SMILES string of the molecule is CN1CCC(N(Nc2ncc3c(n2)N(C2CCCC2)CC(F)(F)C(=O)N3C)C(=O)c2ccccc2F)CC1. The summed E-state index contributed by atoms with van der Waals surface area (Å²) in [6.45, 7) is 0.711. The largest absolute Gasteiger partial charge is 0.345 e. The first-order chi connectivity index (χ1) is 18.2. The zero-order chi connectivity index (χ0) is 27.0. The van der Waals surface area contributed by atoms with E-state index in [2.05, 4.69) is 20.3 Å². The fraction of sp³-hybridized carbons (Fsp3) is 0.538. The fourth-order valence-corrected chi connectivity index (χ4v) is 5.53. The number of carbonyl (C=O) groups is 2. The summed E-state index contributed by atoms with van der Waals surface area (Å²) in [6.07, 6.45) is 5.86. The third kappa shape index (κ3) is 5.01. The second-order valence-electron chi connectivity index (χ2n) is 10.3. The minimum absolute atomic E-state index is 0.0152. The van der Waals surface area contributed by atoms with Crippen LogP contribution in [0.5, 0.6) is 0 Å². The van der Waals surface area contributed by atoms with Gasteiger partial charge in [-0.25, -0.2) is 14.4 Å². The highest BCUT2D eigenvalue weighted by atomic mass is 19.3. The highest BCUT2D eigenvalue weighted by Gasteiger charge is 2.49. The Morgan fingerprint density at radius 1 is 1.11 bits per heavy atom. The lowest BCUT2D eigenvalue weighted by atomic mass is 10.0. The van der Waals surface area contributed by atoms with Crippen molar-refractivity contribution in [3.8, 4) is 0 Å². The van der Waals surface area contributed by atoms with Gasteiger partial charge < -0.3 is 14.7 Å². The van der Waals surface area contributed by atoms with Gasteiger partial charge in [-0.2, -0.15) is 13.8 Å². The van der Waals surface area contributed by atoms with E-state index in [1.54, 1.807) is 6.07 Å². The van der Waals surface area contributed by atoms with Crippen LogP contribution in [0.1, 0.15) is 48.9 Å². The van der Waals surface area contributed by atoms with Crippen LogP contribution >= 0.6 is 0 Å². The summed E-state index contributed by atoms with van der Waals surface area (Å²) in [7, 11) is 3.28. The molecule has 5 rings (SSSR count). The van der Waals surface area contributed by atoms with Gasteiger partial charge in [0.15, 0.2) is 5.82 Å². The van der Waals surface area contributed by atoms with Gasteiger partial charge in [0.25, 0.3) is 11.8 Å². The van der Waals surface area contributed by atoms with Crippen molar-refractivity contribution in [2.45, 2.75) is 56.5 Å². The van der Waals surface area contributed by atoms with Gasteiger partial charge in [-0.05, 0) is 58.0 Å². The third-order valence-corrected chi connectivity index (χ3v) is 7.73. The molecule has 204 valence electrons. The number of hydrogen-bond donors (Lipinski definition) is 1. The minimum atomic E-state index is -3.59. The Balaban J connectivity index is 1.52. The number of hydrazine groups is 1. The first-order valence-electron chi connectivity index (χ1n) is 13.0. The Hall–Kier alpha value is -3.41. The number of amides is 2. The van der Waals surface area contributed by atoms with Crippen molar-refractivity contribution >= 4 is 29.3 Å². The number of rotatable bonds is 5. The van der Waals surface area contributed by atoms with E-state index in [1.807, 2.05) is 7.05 Å². The number of carbonyl (C=O) groups excluding carboxylic acids is 2. The quantitative estimate of drug-likeness (QED) is 0.591. The Morgan fingerprint density at radius 3 is 2.47 bits per heavy atom. The number of anilines is 3. The fourth-order valence-electron chi connectivity index (χ4n) is 5.53. The van der Waals surface area contributed by atoms with Crippen LogP contribution in [0.4, 0.5) is 30.6 Å². The van der Waals surface area contributed by atoms with Gasteiger partial charge in [0.1, 0.15) is 11.5 Å². The summed E-state index contributed by atoms with van der Waals surface area (Å²) in [5.74, 6) is -5.89. The van der Waals surface area contributed by atoms with Gasteiger partial charge >= 0.3 is 5.92 Å². The number of piperidine rings is 1. The monoisotopic (exact) mass is 531 g/mol. The number of hydrogen-bond acceptors (Lipinski definition) is 7. The number of fused-ring (bicyclic) bond motifs is 1. The molecular weight excluding hydrogens is 499 g/mol. The average Bonchev–Trinajstić information content (AvgIpc) is 3.43. The van der Waals surface area contributed by atoms with Crippen molar-refractivity contribution in [1.82, 2.24) is 19.9 Å². The maximum atomic E-state index is 14.9. The summed E-state index contributed by atoms with van der Waals surface area (Å²) in [5, 5.41) is 1.35. The highest BCUT2D eigenvalue weighted by Crippen LogP contribution is 2.39. The first kappa shape index (κ1) is 26.2. The normalized spacial score (nSPS) is 20.8. The molecule has 0 bridgehead atoms. The lowest BCUT2D eigenvalue weighted by molar-refractivity contribution is -0.140. The van der Waals surface area contributed by atoms with Gasteiger partial charge in [0.2, 0.25) is 5.95 Å². The second-order valence-corrected chi connectivity index (χ2v) is 10.3. The van der Waals surface area contributed by atoms with E-state index in [-0.39, 0.29) is 35.1 Å². The van der Waals surface area contributed by atoms with Crippen LogP contribution in [-0.4, -0.2) is 83.4 Å². The number of alkyl halides is 2. The number of aromatic nitrogens is 2. The number of likely N-dealkylation sites (tertiary alicyclic amines) is 1. The van der Waals surface area contributed by atoms with E-state index >= 15 is 0 Å². The molecule has 12 heteroatoms. The molecule has 1 N–H and O–H groups in total. The second kappa shape index (κ2) is 10.4. The van der Waals surface area contributed by atoms with E-state index < -0.39 is 30.1 Å². The maximum absolute atomic E-state index is 14.9. The van der Waals surface area contributed by atoms with E-state index in [9.17, 15) is 22.8 Å². The standard InChI is InChI=1S/C26H32F3N7O2/c1-33-13-11-18(12-14-33)36(23(37)19-9-5-6-10-20(19)27)32-25-30-15-21-22(31-25)35(17-7-3-4-8-17)16-26(28,29)24(38)34(21)2/h5-6,9-10,15,17-18H,3-4,7-8,11-14,16H2,1-2H3,(H,30,31,32). The average molecular weight is 532 g/mol. The zero-order valence-corrected chi connectivity index (χ0v) is 21.5. The van der Waals surface area contributed by atoms with Crippen molar-refractivity contribution in [2.24, 2.45) is 0 Å². The van der Waals surface area contributed by atoms with Crippen LogP contribution in [0.15, 0.2) is 30.5 Å². The smallest absolute Gasteiger partial charge is 0.342 e. The predicted octanol–water partition coefficient (Wildman–Crippen LogP) is 3.54. The Bertz CT molecular complexity index is 1200. The molecule has 38 heavy (non-hydrogen) atoms. The molecule has 9 nitrogen and oxygen atoms in total. The van der Waals surface area contributed by atoms with Gasteiger partial charge in [-0.3, -0.25) is 15.0 Å². The van der Waals surface area contributed by atoms with E-state index in [1.165, 1.54) is 41.4 Å². The number of halogens is 3. The molecule has 1 saturated carbocycles. The van der Waals surface area contributed by atoms with Crippen LogP contribution in [0.25, 0.3) is 0 Å². The van der Waals surface area contributed by atoms with Crippen molar-refractivity contribution in [1.29, 1.82) is 0 Å². The lowest BCUT2D eigenvalue weighted by Gasteiger charge is -2.37. The molecule has 2 aliphatic heterocycles. The molecule has 0 unspecified atom stereocenters. The van der Waals surface area contributed by atoms with Crippen molar-refractivity contribution < 1.29 is 22.8 Å². The van der Waals surface area contributed by atoms with Crippen LogP contribution < -0.4 is 15.2 Å². The summed E-state index contributed by atoms with van der Waals surface area (Å²) in [6, 6.07) is 5.30. The minimum Gasteiger partial charge on any atom is -0.345 e. The number of nitrogens with zero attached hydrogens (tertiary/aromatic N) is 6. The Morgan fingerprint density at radius 2 is 1.79 bits per heavy atom. The highest BCUT2D eigenvalue weighted by molar-refractivity contribution is 6.02. The van der Waals surface area contributed by atoms with Crippen molar-refractivity contribution in [2.75, 3.05) is 49.0 Å². The van der Waals surface area contributed by atoms with Crippen molar-refractivity contribution in [3.05, 3.63) is 41.8 Å². The van der Waals surface area contributed by atoms with Gasteiger partial charge in [0, 0.05) is 13.1 Å². The first-order valence-corrected chi connectivity index (χ1v) is 13.0. The zero-order valence-electron chi connectivity index (χ0n) is 21.5. The summed E-state index contributed by atoms with van der Waals surface area (Å²) < 4.78 is 44.4. The maximum Gasteiger partial charge on any atom is 0.342 e. The van der Waals surface area contributed by atoms with E-state index in [0.29, 0.717) is 25.7 Å². The molecule has 0 radical (unpaired) electrons. The van der Waals surface area contributed by atoms with Crippen LogP contribution in [0, 0.1) is 5.82 Å². The van der Waals surface area contributed by atoms with Gasteiger partial charge in [-0.15, -0.1) is 0 Å². The molecule has 3 aliphatic rings. The molecule has 1 saturated heterocycles. The van der Waals surface area contributed by atoms with Gasteiger partial charge in [0.05, 0.1) is 24.3 Å². The number of nitrogens with one attached hydrogen (secondary N) is 1. The molecule has 1 aromatic carbocycles. The van der Waals surface area contributed by atoms with Crippen LogP contribution in [0.2, 0.25) is 0 Å². The molecule has 0 spiro atoms. The molecule has 2 amide bonds. The molecular formula is C26H32F3N7O2. The summed E-state index contributed by atoms with van der Waals surface area (Å²) in [5.41, 5.74) is 3.06. The van der Waals surface area contributed by atoms with Crippen molar-refractivity contribution in [3.63, 3.8) is 0 Å². The Labute approximate surface area is 219 Å². The molecule has 0 atom stereocenters. The predicted molar refractivity (Wildman–Crippen MR) is 137 cm³/mol. The van der Waals surface area contributed by atoms with Crippen LogP contribution in [-0.2, 0) is 4.79 Å². The summed E-state index contributed by atoms with van der Waals surface area (Å²) in [4.78, 5) is 39.5. The molecule has 1 aromatic heterocycles. The van der Waals surface area contributed by atoms with E-state index in [4.69, 9.17) is 0 Å². The topological polar surface area (TPSA) is 84.9 Å². The summed E-state index contributed by atoms with van der Waals surface area (Å²) >= 11 is 0. The molecule has 2 aromatic rings.